The van der Waals surface area contributed by atoms with Gasteiger partial charge in [-0.15, -0.1) is 0 Å². The number of carboxylic acids is 1. The van der Waals surface area contributed by atoms with Crippen molar-refractivity contribution in [2.24, 2.45) is 10.7 Å². The van der Waals surface area contributed by atoms with Gasteiger partial charge in [0.25, 0.3) is 5.91 Å². The van der Waals surface area contributed by atoms with E-state index in [1.54, 1.807) is 36.4 Å². The highest BCUT2D eigenvalue weighted by Crippen LogP contribution is 2.17. The average molecular weight is 334 g/mol. The van der Waals surface area contributed by atoms with Crippen LogP contribution in [0.5, 0.6) is 0 Å². The molecule has 6 nitrogen and oxygen atoms in total. The molecule has 0 saturated carbocycles. The summed E-state index contributed by atoms with van der Waals surface area (Å²) in [6.45, 7) is 0. The molecule has 0 aliphatic heterocycles. The third-order valence-electron chi connectivity index (χ3n) is 3.44. The summed E-state index contributed by atoms with van der Waals surface area (Å²) in [6.07, 6.45) is 2.49. The van der Waals surface area contributed by atoms with E-state index in [4.69, 9.17) is 15.3 Å². The highest BCUT2D eigenvalue weighted by molar-refractivity contribution is 5.95. The molecule has 2 aromatic carbocycles. The lowest BCUT2D eigenvalue weighted by Crippen LogP contribution is -2.21. The molecular weight excluding hydrogens is 320 g/mol. The molecule has 0 bridgehead atoms. The van der Waals surface area contributed by atoms with Gasteiger partial charge in [-0.25, -0.2) is 9.79 Å². The number of fused-ring (bicyclic) bond motifs is 1. The molecule has 3 N–H and O–H groups in total. The van der Waals surface area contributed by atoms with Gasteiger partial charge in [0.1, 0.15) is 11.1 Å². The van der Waals surface area contributed by atoms with Crippen LogP contribution in [0, 0.1) is 0 Å². The van der Waals surface area contributed by atoms with Gasteiger partial charge >= 0.3 is 5.97 Å². The Kier molecular flexibility index (Phi) is 4.43. The van der Waals surface area contributed by atoms with E-state index in [-0.39, 0.29) is 11.1 Å². The number of hydrogen-bond donors (Lipinski definition) is 2. The molecule has 0 fully saturated rings. The summed E-state index contributed by atoms with van der Waals surface area (Å²) in [5.74, 6) is -1.68. The van der Waals surface area contributed by atoms with Crippen molar-refractivity contribution in [2.75, 3.05) is 0 Å². The van der Waals surface area contributed by atoms with Gasteiger partial charge in [-0.2, -0.15) is 0 Å². The molecule has 0 radical (unpaired) electrons. The first-order chi connectivity index (χ1) is 12.0. The molecule has 0 unspecified atom stereocenters. The number of carbonyl (C=O) groups excluding carboxylic acids is 1. The van der Waals surface area contributed by atoms with Crippen LogP contribution in [0.2, 0.25) is 0 Å². The number of para-hydroxylation sites is 1. The number of benzene rings is 2. The average Bonchev–Trinajstić information content (AvgIpc) is 2.59. The van der Waals surface area contributed by atoms with Gasteiger partial charge in [0, 0.05) is 11.5 Å². The number of nitrogens with two attached hydrogens (primary N) is 1. The maximum absolute atomic E-state index is 11.7. The van der Waals surface area contributed by atoms with Gasteiger partial charge in [-0.1, -0.05) is 30.3 Å². The van der Waals surface area contributed by atoms with Crippen LogP contribution in [0.4, 0.5) is 5.69 Å². The smallest absolute Gasteiger partial charge is 0.328 e. The lowest BCUT2D eigenvalue weighted by molar-refractivity contribution is -0.131. The zero-order valence-electron chi connectivity index (χ0n) is 13.0. The Morgan fingerprint density at radius 2 is 1.88 bits per heavy atom. The zero-order valence-corrected chi connectivity index (χ0v) is 13.0. The highest BCUT2D eigenvalue weighted by atomic mass is 16.4. The van der Waals surface area contributed by atoms with E-state index in [1.807, 2.05) is 18.2 Å². The largest absolute Gasteiger partial charge is 0.478 e. The van der Waals surface area contributed by atoms with E-state index < -0.39 is 11.9 Å². The second-order valence-electron chi connectivity index (χ2n) is 5.25. The monoisotopic (exact) mass is 334 g/mol. The highest BCUT2D eigenvalue weighted by Gasteiger charge is 2.09. The molecule has 124 valence electrons. The summed E-state index contributed by atoms with van der Waals surface area (Å²) < 4.78 is 5.72. The number of amides is 1. The van der Waals surface area contributed by atoms with Gasteiger partial charge in [0.15, 0.2) is 0 Å². The van der Waals surface area contributed by atoms with E-state index in [0.29, 0.717) is 16.8 Å². The number of nitrogens with zero attached hydrogens (tertiary/aromatic N) is 1. The Hall–Kier alpha value is -3.67. The van der Waals surface area contributed by atoms with Crippen molar-refractivity contribution in [3.8, 4) is 0 Å². The van der Waals surface area contributed by atoms with Crippen molar-refractivity contribution in [3.05, 3.63) is 77.4 Å². The minimum atomic E-state index is -1.04. The van der Waals surface area contributed by atoms with Gasteiger partial charge < -0.3 is 15.3 Å². The van der Waals surface area contributed by atoms with Gasteiger partial charge in [0.2, 0.25) is 5.55 Å². The topological polar surface area (TPSA) is 106 Å². The number of primary amides is 1. The molecule has 0 atom stereocenters. The van der Waals surface area contributed by atoms with Crippen LogP contribution in [0.3, 0.4) is 0 Å². The molecule has 0 spiro atoms. The molecule has 3 rings (SSSR count). The predicted molar refractivity (Wildman–Crippen MR) is 93.1 cm³/mol. The van der Waals surface area contributed by atoms with Crippen LogP contribution in [-0.2, 0) is 4.79 Å². The van der Waals surface area contributed by atoms with Crippen LogP contribution in [0.1, 0.15) is 15.9 Å². The molecule has 0 aliphatic carbocycles. The lowest BCUT2D eigenvalue weighted by Gasteiger charge is -2.02. The first kappa shape index (κ1) is 16.2. The third-order valence-corrected chi connectivity index (χ3v) is 3.44. The van der Waals surface area contributed by atoms with Gasteiger partial charge in [0.05, 0.1) is 5.69 Å². The van der Waals surface area contributed by atoms with Crippen molar-refractivity contribution in [1.29, 1.82) is 0 Å². The van der Waals surface area contributed by atoms with E-state index in [1.165, 1.54) is 6.08 Å². The van der Waals surface area contributed by atoms with Crippen LogP contribution in [-0.4, -0.2) is 17.0 Å². The number of aliphatic carboxylic acids is 1. The maximum Gasteiger partial charge on any atom is 0.328 e. The Labute approximate surface area is 142 Å². The second kappa shape index (κ2) is 6.84. The minimum Gasteiger partial charge on any atom is -0.478 e. The molecule has 3 aromatic rings. The van der Waals surface area contributed by atoms with E-state index in [2.05, 4.69) is 4.99 Å². The zero-order chi connectivity index (χ0) is 17.8. The van der Waals surface area contributed by atoms with Gasteiger partial charge in [-0.05, 0) is 35.9 Å². The van der Waals surface area contributed by atoms with E-state index in [9.17, 15) is 9.59 Å². The summed E-state index contributed by atoms with van der Waals surface area (Å²) in [4.78, 5) is 26.7. The predicted octanol–water partition coefficient (Wildman–Crippen LogP) is 2.86. The number of carbonyl (C=O) groups is 2. The fourth-order valence-electron chi connectivity index (χ4n) is 2.31. The molecule has 1 aromatic heterocycles. The molecule has 1 heterocycles. The van der Waals surface area contributed by atoms with Crippen LogP contribution in [0.25, 0.3) is 17.0 Å². The van der Waals surface area contributed by atoms with Crippen LogP contribution < -0.4 is 11.3 Å². The summed E-state index contributed by atoms with van der Waals surface area (Å²) in [5.41, 5.74) is 7.45. The molecular formula is C19H14N2O4. The third kappa shape index (κ3) is 3.81. The van der Waals surface area contributed by atoms with Crippen molar-refractivity contribution >= 4 is 34.6 Å². The first-order valence-electron chi connectivity index (χ1n) is 7.41. The molecule has 0 aliphatic rings. The lowest BCUT2D eigenvalue weighted by atomic mass is 10.1. The fourth-order valence-corrected chi connectivity index (χ4v) is 2.31. The van der Waals surface area contributed by atoms with E-state index in [0.717, 1.165) is 11.5 Å². The Morgan fingerprint density at radius 3 is 2.64 bits per heavy atom. The normalized spacial score (nSPS) is 11.9. The maximum atomic E-state index is 11.7. The Morgan fingerprint density at radius 1 is 1.08 bits per heavy atom. The summed E-state index contributed by atoms with van der Waals surface area (Å²) in [6, 6.07) is 15.7. The molecule has 6 heteroatoms. The Balaban J connectivity index is 2.15. The minimum absolute atomic E-state index is 0.102. The summed E-state index contributed by atoms with van der Waals surface area (Å²) in [5, 5.41) is 9.44. The van der Waals surface area contributed by atoms with Gasteiger partial charge in [-0.3, -0.25) is 4.79 Å². The molecule has 0 saturated heterocycles. The SMILES string of the molecule is NC(=O)c1cc2ccccc2oc1=Nc1cccc(C=CC(=O)O)c1. The summed E-state index contributed by atoms with van der Waals surface area (Å²) >= 11 is 0. The fraction of sp³-hybridized carbons (Fsp3) is 0. The van der Waals surface area contributed by atoms with Crippen LogP contribution in [0.15, 0.2) is 70.1 Å². The quantitative estimate of drug-likeness (QED) is 0.715. The second-order valence-corrected chi connectivity index (χ2v) is 5.25. The Bertz CT molecular complexity index is 1060. The van der Waals surface area contributed by atoms with Crippen LogP contribution >= 0.6 is 0 Å². The number of carboxylic acid groups (broad SMARTS) is 1. The van der Waals surface area contributed by atoms with E-state index >= 15 is 0 Å². The standard InChI is InChI=1S/C19H14N2O4/c20-18(24)15-11-13-5-1-2-7-16(13)25-19(15)21-14-6-3-4-12(10-14)8-9-17(22)23/h1-11H,(H2,20,24)(H,22,23). The first-order valence-corrected chi connectivity index (χ1v) is 7.41. The number of hydrogen-bond acceptors (Lipinski definition) is 4. The number of rotatable bonds is 4. The molecule has 1 amide bonds. The molecule has 25 heavy (non-hydrogen) atoms. The van der Waals surface area contributed by atoms with Crippen molar-refractivity contribution in [2.45, 2.75) is 0 Å². The van der Waals surface area contributed by atoms with Crippen molar-refractivity contribution in [1.82, 2.24) is 0 Å². The van der Waals surface area contributed by atoms with Crippen molar-refractivity contribution in [3.63, 3.8) is 0 Å². The summed E-state index contributed by atoms with van der Waals surface area (Å²) in [7, 11) is 0. The van der Waals surface area contributed by atoms with Crippen molar-refractivity contribution < 1.29 is 19.1 Å².